The highest BCUT2D eigenvalue weighted by Crippen LogP contribution is 2.28. The number of tetrazole rings is 1. The van der Waals surface area contributed by atoms with Gasteiger partial charge in [-0.1, -0.05) is 29.8 Å². The third-order valence-electron chi connectivity index (χ3n) is 4.37. The second-order valence-electron chi connectivity index (χ2n) is 6.25. The van der Waals surface area contributed by atoms with E-state index in [9.17, 15) is 4.79 Å². The Morgan fingerprint density at radius 3 is 2.62 bits per heavy atom. The first-order valence-electron chi connectivity index (χ1n) is 9.06. The van der Waals surface area contributed by atoms with Crippen LogP contribution >= 0.6 is 11.6 Å². The zero-order valence-electron chi connectivity index (χ0n) is 16.5. The van der Waals surface area contributed by atoms with Crippen LogP contribution in [0.15, 0.2) is 42.5 Å². The molecule has 1 amide bonds. The van der Waals surface area contributed by atoms with Crippen LogP contribution in [0, 0.1) is 0 Å². The summed E-state index contributed by atoms with van der Waals surface area (Å²) in [6, 6.07) is 12.8. The lowest BCUT2D eigenvalue weighted by atomic mass is 10.2. The van der Waals surface area contributed by atoms with Gasteiger partial charge in [0.1, 0.15) is 6.54 Å². The molecular weight excluding hydrogens is 394 g/mol. The minimum Gasteiger partial charge on any atom is -0.493 e. The van der Waals surface area contributed by atoms with Crippen molar-refractivity contribution >= 4 is 17.5 Å². The van der Waals surface area contributed by atoms with E-state index in [1.54, 1.807) is 31.3 Å². The van der Waals surface area contributed by atoms with Crippen molar-refractivity contribution in [2.75, 3.05) is 20.8 Å². The van der Waals surface area contributed by atoms with E-state index in [1.807, 2.05) is 37.3 Å². The standard InChI is InChI=1S/C20H22ClN5O3/c1-4-25(12-14-8-9-17(28-2)18(10-14)29-3)19(27)13-26-23-20(22-24-26)15-6-5-7-16(21)11-15/h5-11H,4,12-13H2,1-3H3. The quantitative estimate of drug-likeness (QED) is 0.562. The lowest BCUT2D eigenvalue weighted by Gasteiger charge is -2.21. The summed E-state index contributed by atoms with van der Waals surface area (Å²) in [6.07, 6.45) is 0. The van der Waals surface area contributed by atoms with E-state index in [1.165, 1.54) is 4.80 Å². The summed E-state index contributed by atoms with van der Waals surface area (Å²) in [5, 5.41) is 12.9. The Morgan fingerprint density at radius 2 is 1.93 bits per heavy atom. The van der Waals surface area contributed by atoms with Gasteiger partial charge in [0.2, 0.25) is 11.7 Å². The Kier molecular flexibility index (Phi) is 6.66. The molecule has 3 rings (SSSR count). The number of carbonyl (C=O) groups excluding carboxylic acids is 1. The first kappa shape index (κ1) is 20.6. The molecule has 0 aliphatic heterocycles. The fourth-order valence-corrected chi connectivity index (χ4v) is 3.04. The molecule has 0 saturated carbocycles. The maximum absolute atomic E-state index is 12.7. The number of aromatic nitrogens is 4. The summed E-state index contributed by atoms with van der Waals surface area (Å²) >= 11 is 6.00. The Hall–Kier alpha value is -3.13. The van der Waals surface area contributed by atoms with Crippen LogP contribution in [0.2, 0.25) is 5.02 Å². The predicted octanol–water partition coefficient (Wildman–Crippen LogP) is 3.06. The van der Waals surface area contributed by atoms with Gasteiger partial charge in [0, 0.05) is 23.7 Å². The molecule has 152 valence electrons. The number of carbonyl (C=O) groups is 1. The highest BCUT2D eigenvalue weighted by molar-refractivity contribution is 6.30. The van der Waals surface area contributed by atoms with E-state index in [2.05, 4.69) is 15.4 Å². The van der Waals surface area contributed by atoms with E-state index in [0.717, 1.165) is 11.1 Å². The molecule has 1 heterocycles. The smallest absolute Gasteiger partial charge is 0.246 e. The highest BCUT2D eigenvalue weighted by atomic mass is 35.5. The lowest BCUT2D eigenvalue weighted by molar-refractivity contribution is -0.132. The molecule has 0 aliphatic rings. The number of amides is 1. The number of rotatable bonds is 8. The lowest BCUT2D eigenvalue weighted by Crippen LogP contribution is -2.33. The number of benzene rings is 2. The second-order valence-corrected chi connectivity index (χ2v) is 6.69. The van der Waals surface area contributed by atoms with Crippen molar-refractivity contribution in [3.05, 3.63) is 53.1 Å². The second kappa shape index (κ2) is 9.38. The number of ether oxygens (including phenoxy) is 2. The molecule has 0 bridgehead atoms. The van der Waals surface area contributed by atoms with Crippen LogP contribution in [0.4, 0.5) is 0 Å². The van der Waals surface area contributed by atoms with Crippen LogP contribution < -0.4 is 9.47 Å². The first-order valence-corrected chi connectivity index (χ1v) is 9.44. The van der Waals surface area contributed by atoms with Crippen LogP contribution in [0.25, 0.3) is 11.4 Å². The Balaban J connectivity index is 1.69. The molecule has 0 N–H and O–H groups in total. The first-order chi connectivity index (χ1) is 14.0. The molecule has 29 heavy (non-hydrogen) atoms. The van der Waals surface area contributed by atoms with Crippen LogP contribution in [0.5, 0.6) is 11.5 Å². The molecule has 9 heteroatoms. The summed E-state index contributed by atoms with van der Waals surface area (Å²) in [5.41, 5.74) is 1.68. The third-order valence-corrected chi connectivity index (χ3v) is 4.60. The fraction of sp³-hybridized carbons (Fsp3) is 0.300. The summed E-state index contributed by atoms with van der Waals surface area (Å²) in [6.45, 7) is 2.90. The average Bonchev–Trinajstić information content (AvgIpc) is 3.20. The van der Waals surface area contributed by atoms with Gasteiger partial charge in [-0.3, -0.25) is 4.79 Å². The van der Waals surface area contributed by atoms with Crippen molar-refractivity contribution in [1.29, 1.82) is 0 Å². The van der Waals surface area contributed by atoms with E-state index in [4.69, 9.17) is 21.1 Å². The Bertz CT molecular complexity index is 992. The molecular formula is C20H22ClN5O3. The average molecular weight is 416 g/mol. The van der Waals surface area contributed by atoms with Crippen molar-refractivity contribution < 1.29 is 14.3 Å². The number of hydrogen-bond acceptors (Lipinski definition) is 6. The van der Waals surface area contributed by atoms with Crippen LogP contribution in [0.1, 0.15) is 12.5 Å². The predicted molar refractivity (Wildman–Crippen MR) is 109 cm³/mol. The summed E-state index contributed by atoms with van der Waals surface area (Å²) in [4.78, 5) is 15.7. The molecule has 8 nitrogen and oxygen atoms in total. The molecule has 0 saturated heterocycles. The van der Waals surface area contributed by atoms with Gasteiger partial charge in [0.25, 0.3) is 0 Å². The van der Waals surface area contributed by atoms with Crippen molar-refractivity contribution in [2.24, 2.45) is 0 Å². The van der Waals surface area contributed by atoms with Gasteiger partial charge in [-0.25, -0.2) is 0 Å². The van der Waals surface area contributed by atoms with Crippen LogP contribution in [-0.2, 0) is 17.9 Å². The largest absolute Gasteiger partial charge is 0.493 e. The minimum absolute atomic E-state index is 0.00526. The number of nitrogens with zero attached hydrogens (tertiary/aromatic N) is 5. The van der Waals surface area contributed by atoms with E-state index >= 15 is 0 Å². The number of methoxy groups -OCH3 is 2. The number of halogens is 1. The number of hydrogen-bond donors (Lipinski definition) is 0. The van der Waals surface area contributed by atoms with Gasteiger partial charge in [-0.2, -0.15) is 4.80 Å². The molecule has 3 aromatic rings. The molecule has 1 aromatic heterocycles. The summed E-state index contributed by atoms with van der Waals surface area (Å²) in [7, 11) is 3.17. The topological polar surface area (TPSA) is 82.4 Å². The number of likely N-dealkylation sites (N-methyl/N-ethyl adjacent to an activating group) is 1. The molecule has 0 unspecified atom stereocenters. The summed E-state index contributed by atoms with van der Waals surface area (Å²) in [5.74, 6) is 1.57. The van der Waals surface area contributed by atoms with E-state index in [-0.39, 0.29) is 12.5 Å². The zero-order chi connectivity index (χ0) is 20.8. The van der Waals surface area contributed by atoms with Gasteiger partial charge in [0.15, 0.2) is 11.5 Å². The molecule has 0 fully saturated rings. The van der Waals surface area contributed by atoms with Crippen molar-refractivity contribution in [3.63, 3.8) is 0 Å². The van der Waals surface area contributed by atoms with Gasteiger partial charge >= 0.3 is 0 Å². The van der Waals surface area contributed by atoms with Gasteiger partial charge < -0.3 is 14.4 Å². The van der Waals surface area contributed by atoms with E-state index < -0.39 is 0 Å². The SMILES string of the molecule is CCN(Cc1ccc(OC)c(OC)c1)C(=O)Cn1nnc(-c2cccc(Cl)c2)n1. The van der Waals surface area contributed by atoms with E-state index in [0.29, 0.717) is 35.4 Å². The molecule has 2 aromatic carbocycles. The van der Waals surface area contributed by atoms with Gasteiger partial charge in [-0.05, 0) is 42.0 Å². The fourth-order valence-electron chi connectivity index (χ4n) is 2.85. The third kappa shape index (κ3) is 5.03. The molecule has 0 atom stereocenters. The maximum atomic E-state index is 12.7. The minimum atomic E-state index is -0.114. The maximum Gasteiger partial charge on any atom is 0.246 e. The van der Waals surface area contributed by atoms with Crippen molar-refractivity contribution in [3.8, 4) is 22.9 Å². The Morgan fingerprint density at radius 1 is 1.14 bits per heavy atom. The summed E-state index contributed by atoms with van der Waals surface area (Å²) < 4.78 is 10.6. The van der Waals surface area contributed by atoms with Gasteiger partial charge in [0.05, 0.1) is 14.2 Å². The van der Waals surface area contributed by atoms with Crippen molar-refractivity contribution in [1.82, 2.24) is 25.1 Å². The Labute approximate surface area is 174 Å². The zero-order valence-corrected chi connectivity index (χ0v) is 17.3. The van der Waals surface area contributed by atoms with Crippen molar-refractivity contribution in [2.45, 2.75) is 20.0 Å². The van der Waals surface area contributed by atoms with Gasteiger partial charge in [-0.15, -0.1) is 10.2 Å². The van der Waals surface area contributed by atoms with Crippen LogP contribution in [0.3, 0.4) is 0 Å². The monoisotopic (exact) mass is 415 g/mol. The molecule has 0 aliphatic carbocycles. The normalized spacial score (nSPS) is 10.6. The molecule has 0 radical (unpaired) electrons. The van der Waals surface area contributed by atoms with Crippen LogP contribution in [-0.4, -0.2) is 51.8 Å². The molecule has 0 spiro atoms. The highest BCUT2D eigenvalue weighted by Gasteiger charge is 2.16.